The van der Waals surface area contributed by atoms with Crippen LogP contribution < -0.4 is 10.2 Å². The van der Waals surface area contributed by atoms with E-state index in [1.165, 1.54) is 5.56 Å². The standard InChI is InChI=1S/C15H25N3O/c1-3-7-16-10-13-5-4-8-17-15(13)18-9-6-14(11-18)12(2)19/h4-5,8,12,14,16,19H,3,6-7,9-11H2,1-2H3. The Morgan fingerprint density at radius 3 is 3.11 bits per heavy atom. The van der Waals surface area contributed by atoms with Crippen molar-refractivity contribution in [3.8, 4) is 0 Å². The van der Waals surface area contributed by atoms with Crippen LogP contribution in [0.3, 0.4) is 0 Å². The first-order valence-electron chi connectivity index (χ1n) is 7.30. The molecule has 2 atom stereocenters. The van der Waals surface area contributed by atoms with Gasteiger partial charge in [0.2, 0.25) is 0 Å². The van der Waals surface area contributed by atoms with Gasteiger partial charge in [-0.15, -0.1) is 0 Å². The molecule has 1 aliphatic rings. The summed E-state index contributed by atoms with van der Waals surface area (Å²) in [6.07, 6.45) is 3.82. The van der Waals surface area contributed by atoms with Gasteiger partial charge >= 0.3 is 0 Å². The second-order valence-electron chi connectivity index (χ2n) is 5.40. The van der Waals surface area contributed by atoms with E-state index in [-0.39, 0.29) is 6.10 Å². The van der Waals surface area contributed by atoms with Crippen molar-refractivity contribution in [1.82, 2.24) is 10.3 Å². The van der Waals surface area contributed by atoms with Crippen LogP contribution in [0.4, 0.5) is 5.82 Å². The first kappa shape index (κ1) is 14.3. The number of aliphatic hydroxyl groups excluding tert-OH is 1. The highest BCUT2D eigenvalue weighted by molar-refractivity contribution is 5.47. The Morgan fingerprint density at radius 1 is 1.58 bits per heavy atom. The minimum atomic E-state index is -0.227. The van der Waals surface area contributed by atoms with Crippen LogP contribution in [0.15, 0.2) is 18.3 Å². The molecule has 106 valence electrons. The van der Waals surface area contributed by atoms with Gasteiger partial charge in [0.1, 0.15) is 5.82 Å². The molecule has 0 bridgehead atoms. The average molecular weight is 263 g/mol. The largest absolute Gasteiger partial charge is 0.393 e. The molecule has 0 spiro atoms. The fourth-order valence-corrected chi connectivity index (χ4v) is 2.63. The SMILES string of the molecule is CCCNCc1cccnc1N1CCC(C(C)O)C1. The number of nitrogens with one attached hydrogen (secondary N) is 1. The summed E-state index contributed by atoms with van der Waals surface area (Å²) in [7, 11) is 0. The smallest absolute Gasteiger partial charge is 0.133 e. The molecular weight excluding hydrogens is 238 g/mol. The van der Waals surface area contributed by atoms with Gasteiger partial charge < -0.3 is 15.3 Å². The summed E-state index contributed by atoms with van der Waals surface area (Å²) in [4.78, 5) is 6.84. The highest BCUT2D eigenvalue weighted by atomic mass is 16.3. The van der Waals surface area contributed by atoms with Crippen LogP contribution in [0, 0.1) is 5.92 Å². The lowest BCUT2D eigenvalue weighted by atomic mass is 10.0. The van der Waals surface area contributed by atoms with Gasteiger partial charge in [-0.1, -0.05) is 13.0 Å². The lowest BCUT2D eigenvalue weighted by Gasteiger charge is -2.21. The van der Waals surface area contributed by atoms with Crippen LogP contribution in [-0.2, 0) is 6.54 Å². The first-order chi connectivity index (χ1) is 9.22. The minimum absolute atomic E-state index is 0.227. The van der Waals surface area contributed by atoms with Crippen molar-refractivity contribution in [3.63, 3.8) is 0 Å². The van der Waals surface area contributed by atoms with Gasteiger partial charge in [-0.05, 0) is 32.4 Å². The highest BCUT2D eigenvalue weighted by Gasteiger charge is 2.27. The molecule has 2 rings (SSSR count). The van der Waals surface area contributed by atoms with Crippen molar-refractivity contribution in [1.29, 1.82) is 0 Å². The quantitative estimate of drug-likeness (QED) is 0.768. The van der Waals surface area contributed by atoms with Crippen molar-refractivity contribution >= 4 is 5.82 Å². The number of anilines is 1. The zero-order chi connectivity index (χ0) is 13.7. The number of rotatable bonds is 6. The van der Waals surface area contributed by atoms with Crippen LogP contribution in [0.2, 0.25) is 0 Å². The number of hydrogen-bond acceptors (Lipinski definition) is 4. The second-order valence-corrected chi connectivity index (χ2v) is 5.40. The number of pyridine rings is 1. The molecule has 0 amide bonds. The van der Waals surface area contributed by atoms with Crippen LogP contribution in [0.25, 0.3) is 0 Å². The predicted molar refractivity (Wildman–Crippen MR) is 78.2 cm³/mol. The Kier molecular flexibility index (Phi) is 5.16. The van der Waals surface area contributed by atoms with E-state index in [1.54, 1.807) is 0 Å². The van der Waals surface area contributed by atoms with E-state index in [4.69, 9.17) is 0 Å². The third kappa shape index (κ3) is 3.67. The van der Waals surface area contributed by atoms with Gasteiger partial charge in [0, 0.05) is 37.3 Å². The molecule has 2 heterocycles. The Bertz CT molecular complexity index is 395. The zero-order valence-corrected chi connectivity index (χ0v) is 12.0. The molecule has 1 saturated heterocycles. The van der Waals surface area contributed by atoms with Crippen LogP contribution in [0.5, 0.6) is 0 Å². The molecule has 1 aromatic rings. The Balaban J connectivity index is 2.03. The average Bonchev–Trinajstić information content (AvgIpc) is 2.89. The molecule has 19 heavy (non-hydrogen) atoms. The first-order valence-corrected chi connectivity index (χ1v) is 7.30. The molecule has 2 N–H and O–H groups in total. The van der Waals surface area contributed by atoms with Gasteiger partial charge in [-0.2, -0.15) is 0 Å². The maximum Gasteiger partial charge on any atom is 0.133 e. The number of nitrogens with zero attached hydrogens (tertiary/aromatic N) is 2. The fraction of sp³-hybridized carbons (Fsp3) is 0.667. The summed E-state index contributed by atoms with van der Waals surface area (Å²) >= 11 is 0. The third-order valence-electron chi connectivity index (χ3n) is 3.82. The Hall–Kier alpha value is -1.13. The van der Waals surface area contributed by atoms with Gasteiger partial charge in [0.25, 0.3) is 0 Å². The summed E-state index contributed by atoms with van der Waals surface area (Å²) in [5.74, 6) is 1.45. The molecule has 1 fully saturated rings. The molecule has 4 nitrogen and oxygen atoms in total. The number of aliphatic hydroxyl groups is 1. The van der Waals surface area contributed by atoms with Crippen molar-refractivity contribution in [2.24, 2.45) is 5.92 Å². The van der Waals surface area contributed by atoms with Gasteiger partial charge in [-0.3, -0.25) is 0 Å². The van der Waals surface area contributed by atoms with Crippen molar-refractivity contribution in [3.05, 3.63) is 23.9 Å². The molecule has 0 aliphatic carbocycles. The molecule has 0 radical (unpaired) electrons. The van der Waals surface area contributed by atoms with Crippen LogP contribution >= 0.6 is 0 Å². The van der Waals surface area contributed by atoms with E-state index in [0.717, 1.165) is 44.8 Å². The van der Waals surface area contributed by atoms with Crippen molar-refractivity contribution < 1.29 is 5.11 Å². The maximum atomic E-state index is 9.70. The Labute approximate surface area is 115 Å². The zero-order valence-electron chi connectivity index (χ0n) is 12.0. The van der Waals surface area contributed by atoms with E-state index >= 15 is 0 Å². The molecular formula is C15H25N3O. The minimum Gasteiger partial charge on any atom is -0.393 e. The molecule has 1 aromatic heterocycles. The third-order valence-corrected chi connectivity index (χ3v) is 3.82. The van der Waals surface area contributed by atoms with E-state index in [2.05, 4.69) is 28.2 Å². The summed E-state index contributed by atoms with van der Waals surface area (Å²) in [5, 5.41) is 13.1. The normalized spacial score (nSPS) is 20.8. The lowest BCUT2D eigenvalue weighted by molar-refractivity contribution is 0.136. The maximum absolute atomic E-state index is 9.70. The fourth-order valence-electron chi connectivity index (χ4n) is 2.63. The monoisotopic (exact) mass is 263 g/mol. The highest BCUT2D eigenvalue weighted by Crippen LogP contribution is 2.26. The van der Waals surface area contributed by atoms with E-state index in [0.29, 0.717) is 5.92 Å². The second kappa shape index (κ2) is 6.87. The Morgan fingerprint density at radius 2 is 2.42 bits per heavy atom. The summed E-state index contributed by atoms with van der Waals surface area (Å²) in [6.45, 7) is 7.86. The van der Waals surface area contributed by atoms with Crippen LogP contribution in [0.1, 0.15) is 32.3 Å². The predicted octanol–water partition coefficient (Wildman–Crippen LogP) is 1.79. The number of aromatic nitrogens is 1. The molecule has 2 unspecified atom stereocenters. The molecule has 0 aromatic carbocycles. The van der Waals surface area contributed by atoms with E-state index in [1.807, 2.05) is 19.2 Å². The van der Waals surface area contributed by atoms with Crippen molar-refractivity contribution in [2.75, 3.05) is 24.5 Å². The molecule has 1 aliphatic heterocycles. The van der Waals surface area contributed by atoms with Gasteiger partial charge in [-0.25, -0.2) is 4.98 Å². The van der Waals surface area contributed by atoms with E-state index in [9.17, 15) is 5.11 Å². The lowest BCUT2D eigenvalue weighted by Crippen LogP contribution is -2.26. The topological polar surface area (TPSA) is 48.4 Å². The summed E-state index contributed by atoms with van der Waals surface area (Å²) in [6, 6.07) is 4.13. The van der Waals surface area contributed by atoms with Crippen molar-refractivity contribution in [2.45, 2.75) is 39.3 Å². The molecule has 4 heteroatoms. The summed E-state index contributed by atoms with van der Waals surface area (Å²) in [5.41, 5.74) is 1.25. The van der Waals surface area contributed by atoms with Gasteiger partial charge in [0.05, 0.1) is 6.10 Å². The summed E-state index contributed by atoms with van der Waals surface area (Å²) < 4.78 is 0. The van der Waals surface area contributed by atoms with Crippen LogP contribution in [-0.4, -0.2) is 35.8 Å². The molecule has 0 saturated carbocycles. The van der Waals surface area contributed by atoms with Gasteiger partial charge in [0.15, 0.2) is 0 Å². The number of hydrogen-bond donors (Lipinski definition) is 2. The van der Waals surface area contributed by atoms with E-state index < -0.39 is 0 Å².